The molecule has 1 amide bonds. The molecule has 0 spiro atoms. The zero-order valence-electron chi connectivity index (χ0n) is 18.4. The number of hydrogen-bond acceptors (Lipinski definition) is 4. The van der Waals surface area contributed by atoms with E-state index in [1.807, 2.05) is 30.5 Å². The van der Waals surface area contributed by atoms with Crippen molar-refractivity contribution in [1.82, 2.24) is 19.6 Å². The van der Waals surface area contributed by atoms with E-state index in [9.17, 15) is 4.79 Å². The Morgan fingerprint density at radius 3 is 2.76 bits per heavy atom. The molecule has 2 aromatic carbocycles. The standard InChI is InChI=1S/C27H26N4OS/c32-27(24-15-22-17-28-25-9-4-10-26(33-24)31(22)25)29-16-19-11-13-30(14-12-19)18-21-7-3-6-20-5-1-2-8-23(20)21/h1-10,15,17,19H,11-14,16,18H2,(H,29,32). The minimum atomic E-state index is 0.0163. The minimum Gasteiger partial charge on any atom is -0.351 e. The molecule has 0 atom stereocenters. The fraction of sp³-hybridized carbons (Fsp3) is 0.259. The number of fused-ring (bicyclic) bond motifs is 1. The van der Waals surface area contributed by atoms with Gasteiger partial charge in [-0.2, -0.15) is 0 Å². The normalized spacial score (nSPS) is 16.8. The molecule has 0 radical (unpaired) electrons. The number of nitrogens with one attached hydrogen (secondary N) is 1. The van der Waals surface area contributed by atoms with E-state index in [1.165, 1.54) is 28.1 Å². The average molecular weight is 455 g/mol. The fourth-order valence-electron chi connectivity index (χ4n) is 4.94. The van der Waals surface area contributed by atoms with Crippen molar-refractivity contribution in [1.29, 1.82) is 0 Å². The highest BCUT2D eigenvalue weighted by molar-refractivity contribution is 8.04. The van der Waals surface area contributed by atoms with Gasteiger partial charge in [0.05, 0.1) is 21.8 Å². The van der Waals surface area contributed by atoms with Gasteiger partial charge in [-0.15, -0.1) is 0 Å². The molecule has 1 saturated heterocycles. The van der Waals surface area contributed by atoms with Gasteiger partial charge in [0.25, 0.3) is 5.91 Å². The van der Waals surface area contributed by atoms with Crippen LogP contribution in [0.25, 0.3) is 22.5 Å². The van der Waals surface area contributed by atoms with Crippen LogP contribution >= 0.6 is 11.8 Å². The Morgan fingerprint density at radius 2 is 1.85 bits per heavy atom. The minimum absolute atomic E-state index is 0.0163. The number of thioether (sulfide) groups is 1. The van der Waals surface area contributed by atoms with Gasteiger partial charge in [0, 0.05) is 13.1 Å². The number of amides is 1. The molecule has 33 heavy (non-hydrogen) atoms. The van der Waals surface area contributed by atoms with Gasteiger partial charge in [-0.3, -0.25) is 14.1 Å². The van der Waals surface area contributed by atoms with E-state index >= 15 is 0 Å². The molecular weight excluding hydrogens is 428 g/mol. The molecule has 2 aliphatic rings. The molecule has 166 valence electrons. The second-order valence-electron chi connectivity index (χ2n) is 8.92. The van der Waals surface area contributed by atoms with E-state index in [1.54, 1.807) is 0 Å². The van der Waals surface area contributed by atoms with Crippen LogP contribution in [0, 0.1) is 5.92 Å². The van der Waals surface area contributed by atoms with Gasteiger partial charge in [-0.05, 0) is 66.4 Å². The van der Waals surface area contributed by atoms with E-state index in [4.69, 9.17) is 0 Å². The summed E-state index contributed by atoms with van der Waals surface area (Å²) in [5.74, 6) is 0.545. The lowest BCUT2D eigenvalue weighted by molar-refractivity contribution is -0.117. The summed E-state index contributed by atoms with van der Waals surface area (Å²) in [6.45, 7) is 3.87. The summed E-state index contributed by atoms with van der Waals surface area (Å²) in [6, 6.07) is 21.2. The van der Waals surface area contributed by atoms with Crippen molar-refractivity contribution < 1.29 is 4.79 Å². The Labute approximate surface area is 197 Å². The number of carbonyl (C=O) groups is 1. The van der Waals surface area contributed by atoms with Gasteiger partial charge in [-0.1, -0.05) is 60.3 Å². The zero-order chi connectivity index (χ0) is 22.2. The van der Waals surface area contributed by atoms with Crippen molar-refractivity contribution in [3.05, 3.63) is 83.0 Å². The molecule has 6 heteroatoms. The molecule has 1 fully saturated rings. The van der Waals surface area contributed by atoms with Gasteiger partial charge >= 0.3 is 0 Å². The Kier molecular flexibility index (Phi) is 5.40. The molecule has 0 aliphatic carbocycles. The number of carbonyl (C=O) groups excluding carboxylic acids is 1. The first kappa shape index (κ1) is 20.5. The van der Waals surface area contributed by atoms with Crippen molar-refractivity contribution in [2.45, 2.75) is 24.4 Å². The maximum atomic E-state index is 12.9. The summed E-state index contributed by atoms with van der Waals surface area (Å²) >= 11 is 1.52. The first-order chi connectivity index (χ1) is 16.2. The lowest BCUT2D eigenvalue weighted by Gasteiger charge is -2.32. The van der Waals surface area contributed by atoms with Crippen LogP contribution in [0.3, 0.4) is 0 Å². The largest absolute Gasteiger partial charge is 0.351 e. The van der Waals surface area contributed by atoms with Crippen LogP contribution in [0.1, 0.15) is 24.1 Å². The van der Waals surface area contributed by atoms with Gasteiger partial charge in [-0.25, -0.2) is 4.98 Å². The molecule has 2 aliphatic heterocycles. The smallest absolute Gasteiger partial charge is 0.258 e. The molecule has 0 saturated carbocycles. The number of piperidine rings is 1. The van der Waals surface area contributed by atoms with E-state index in [2.05, 4.69) is 62.1 Å². The number of hydrogen-bond donors (Lipinski definition) is 1. The van der Waals surface area contributed by atoms with Gasteiger partial charge < -0.3 is 5.32 Å². The van der Waals surface area contributed by atoms with Gasteiger partial charge in [0.15, 0.2) is 0 Å². The lowest BCUT2D eigenvalue weighted by Crippen LogP contribution is -2.38. The third kappa shape index (κ3) is 4.05. The van der Waals surface area contributed by atoms with Gasteiger partial charge in [0.2, 0.25) is 0 Å². The number of aromatic nitrogens is 2. The topological polar surface area (TPSA) is 49.6 Å². The van der Waals surface area contributed by atoms with Crippen LogP contribution in [0.15, 0.2) is 76.8 Å². The molecule has 2 aromatic heterocycles. The summed E-state index contributed by atoms with van der Waals surface area (Å²) in [5, 5.41) is 6.88. The van der Waals surface area contributed by atoms with Crippen LogP contribution in [0.2, 0.25) is 0 Å². The number of nitrogens with zero attached hydrogens (tertiary/aromatic N) is 3. The van der Waals surface area contributed by atoms with Crippen molar-refractivity contribution in [3.63, 3.8) is 0 Å². The Bertz CT molecular complexity index is 1360. The highest BCUT2D eigenvalue weighted by Crippen LogP contribution is 2.34. The number of benzene rings is 2. The van der Waals surface area contributed by atoms with Crippen LogP contribution < -0.4 is 5.32 Å². The Morgan fingerprint density at radius 1 is 1.03 bits per heavy atom. The molecule has 6 rings (SSSR count). The lowest BCUT2D eigenvalue weighted by atomic mass is 9.96. The highest BCUT2D eigenvalue weighted by atomic mass is 32.2. The van der Waals surface area contributed by atoms with E-state index < -0.39 is 0 Å². The van der Waals surface area contributed by atoms with E-state index in [0.717, 1.165) is 60.3 Å². The van der Waals surface area contributed by atoms with Crippen molar-refractivity contribution >= 4 is 40.2 Å². The zero-order valence-corrected chi connectivity index (χ0v) is 19.2. The van der Waals surface area contributed by atoms with Gasteiger partial charge in [0.1, 0.15) is 5.65 Å². The quantitative estimate of drug-likeness (QED) is 0.463. The predicted molar refractivity (Wildman–Crippen MR) is 134 cm³/mol. The van der Waals surface area contributed by atoms with Crippen LogP contribution in [0.5, 0.6) is 0 Å². The first-order valence-electron chi connectivity index (χ1n) is 11.6. The summed E-state index contributed by atoms with van der Waals surface area (Å²) in [4.78, 5) is 20.6. The van der Waals surface area contributed by atoms with Crippen LogP contribution in [-0.4, -0.2) is 39.8 Å². The molecule has 0 unspecified atom stereocenters. The highest BCUT2D eigenvalue weighted by Gasteiger charge is 2.23. The van der Waals surface area contributed by atoms with Crippen LogP contribution in [-0.2, 0) is 11.3 Å². The summed E-state index contributed by atoms with van der Waals surface area (Å²) < 4.78 is 2.09. The predicted octanol–water partition coefficient (Wildman–Crippen LogP) is 4.96. The maximum Gasteiger partial charge on any atom is 0.258 e. The number of imidazole rings is 1. The van der Waals surface area contributed by atoms with E-state index in [-0.39, 0.29) is 5.91 Å². The molecule has 4 heterocycles. The van der Waals surface area contributed by atoms with Crippen molar-refractivity contribution in [2.24, 2.45) is 5.92 Å². The van der Waals surface area contributed by atoms with E-state index in [0.29, 0.717) is 5.92 Å². The second kappa shape index (κ2) is 8.69. The second-order valence-corrected chi connectivity index (χ2v) is 9.98. The van der Waals surface area contributed by atoms with Crippen molar-refractivity contribution in [3.8, 4) is 0 Å². The summed E-state index contributed by atoms with van der Waals surface area (Å²) in [5.41, 5.74) is 3.28. The third-order valence-electron chi connectivity index (χ3n) is 6.77. The van der Waals surface area contributed by atoms with Crippen LogP contribution in [0.4, 0.5) is 0 Å². The average Bonchev–Trinajstić information content (AvgIpc) is 3.28. The summed E-state index contributed by atoms with van der Waals surface area (Å²) in [6.07, 6.45) is 6.00. The monoisotopic (exact) mass is 454 g/mol. The Hall–Kier alpha value is -3.09. The number of pyridine rings is 1. The number of rotatable bonds is 5. The summed E-state index contributed by atoms with van der Waals surface area (Å²) in [7, 11) is 0. The fourth-order valence-corrected chi connectivity index (χ4v) is 5.95. The molecule has 4 aromatic rings. The third-order valence-corrected chi connectivity index (χ3v) is 7.82. The molecule has 0 bridgehead atoms. The Balaban J connectivity index is 1.04. The first-order valence-corrected chi connectivity index (χ1v) is 12.4. The van der Waals surface area contributed by atoms with Crippen molar-refractivity contribution in [2.75, 3.05) is 19.6 Å². The molecule has 5 nitrogen and oxygen atoms in total. The number of likely N-dealkylation sites (tertiary alicyclic amines) is 1. The molecular formula is C27H26N4OS. The SMILES string of the molecule is O=C(NCC1CCN(Cc2cccc3ccccc23)CC1)C1=Cc2cnc3cccc(n23)S1. The maximum absolute atomic E-state index is 12.9. The molecule has 1 N–H and O–H groups in total.